The number of nitrogens with zero attached hydrogens (tertiary/aromatic N) is 1. The highest BCUT2D eigenvalue weighted by atomic mass is 19.1. The summed E-state index contributed by atoms with van der Waals surface area (Å²) in [5.74, 6) is -0.949. The quantitative estimate of drug-likeness (QED) is 0.500. The van der Waals surface area contributed by atoms with Gasteiger partial charge in [-0.2, -0.15) is 0 Å². The van der Waals surface area contributed by atoms with Crippen molar-refractivity contribution in [2.75, 3.05) is 6.54 Å². The van der Waals surface area contributed by atoms with Crippen molar-refractivity contribution in [3.8, 4) is 0 Å². The largest absolute Gasteiger partial charge is 0.467 e. The Morgan fingerprint density at radius 3 is 2.44 bits per heavy atom. The van der Waals surface area contributed by atoms with Crippen LogP contribution in [-0.2, 0) is 13.1 Å². The number of halogens is 1. The van der Waals surface area contributed by atoms with Crippen molar-refractivity contribution in [2.24, 2.45) is 0 Å². The maximum Gasteiger partial charge on any atom is 0.257 e. The maximum absolute atomic E-state index is 13.8. The lowest BCUT2D eigenvalue weighted by molar-refractivity contribution is 0.0948. The molecular formula is C24H26FN3O4. The molecule has 2 heterocycles. The van der Waals surface area contributed by atoms with Gasteiger partial charge < -0.3 is 19.6 Å². The molecule has 0 bridgehead atoms. The minimum absolute atomic E-state index is 0.0422. The highest BCUT2D eigenvalue weighted by Crippen LogP contribution is 2.10. The van der Waals surface area contributed by atoms with E-state index in [4.69, 9.17) is 4.42 Å². The number of unbranched alkanes of at least 4 members (excludes halogenated alkanes) is 1. The topological polar surface area (TPSA) is 93.3 Å². The van der Waals surface area contributed by atoms with E-state index in [0.29, 0.717) is 23.4 Å². The number of furan rings is 1. The molecule has 8 heteroatoms. The molecule has 32 heavy (non-hydrogen) atoms. The first kappa shape index (κ1) is 23.0. The lowest BCUT2D eigenvalue weighted by atomic mass is 10.1. The van der Waals surface area contributed by atoms with Crippen LogP contribution < -0.4 is 16.1 Å². The van der Waals surface area contributed by atoms with E-state index in [1.165, 1.54) is 24.7 Å². The number of hydrogen-bond donors (Lipinski definition) is 2. The normalized spacial score (nSPS) is 10.7. The Kier molecular flexibility index (Phi) is 7.59. The zero-order valence-corrected chi connectivity index (χ0v) is 18.1. The van der Waals surface area contributed by atoms with Crippen molar-refractivity contribution < 1.29 is 18.4 Å². The van der Waals surface area contributed by atoms with Crippen LogP contribution in [-0.4, -0.2) is 22.9 Å². The van der Waals surface area contributed by atoms with Gasteiger partial charge in [-0.05, 0) is 42.7 Å². The van der Waals surface area contributed by atoms with Gasteiger partial charge in [-0.1, -0.05) is 25.5 Å². The third-order valence-corrected chi connectivity index (χ3v) is 4.99. The van der Waals surface area contributed by atoms with Crippen molar-refractivity contribution >= 4 is 11.8 Å². The van der Waals surface area contributed by atoms with Gasteiger partial charge >= 0.3 is 0 Å². The van der Waals surface area contributed by atoms with E-state index in [2.05, 4.69) is 10.6 Å². The fraction of sp³-hybridized carbons (Fsp3) is 0.292. The predicted octanol–water partition coefficient (Wildman–Crippen LogP) is 3.40. The van der Waals surface area contributed by atoms with Crippen LogP contribution in [0.4, 0.5) is 4.39 Å². The number of nitrogens with one attached hydrogen (secondary N) is 2. The zero-order valence-electron chi connectivity index (χ0n) is 18.1. The molecule has 3 rings (SSSR count). The summed E-state index contributed by atoms with van der Waals surface area (Å²) >= 11 is 0. The molecule has 0 radical (unpaired) electrons. The van der Waals surface area contributed by atoms with Crippen molar-refractivity contribution in [3.63, 3.8) is 0 Å². The van der Waals surface area contributed by atoms with Crippen LogP contribution in [0.1, 0.15) is 57.4 Å². The lowest BCUT2D eigenvalue weighted by Crippen LogP contribution is -2.35. The Bertz CT molecular complexity index is 1150. The SMILES string of the molecule is CCCCNC(=O)c1cn(Cc2ccco2)cc(C(=O)NCc2ccc(C)c(F)c2)c1=O. The Labute approximate surface area is 185 Å². The molecule has 2 N–H and O–H groups in total. The van der Waals surface area contributed by atoms with Gasteiger partial charge in [0.1, 0.15) is 22.7 Å². The van der Waals surface area contributed by atoms with Crippen molar-refractivity contribution in [1.82, 2.24) is 15.2 Å². The van der Waals surface area contributed by atoms with Gasteiger partial charge in [0.05, 0.1) is 12.8 Å². The van der Waals surface area contributed by atoms with Crippen LogP contribution in [0.3, 0.4) is 0 Å². The van der Waals surface area contributed by atoms with Gasteiger partial charge in [0.25, 0.3) is 11.8 Å². The summed E-state index contributed by atoms with van der Waals surface area (Å²) in [7, 11) is 0. The molecule has 0 saturated heterocycles. The van der Waals surface area contributed by atoms with Crippen LogP contribution in [0, 0.1) is 12.7 Å². The Morgan fingerprint density at radius 2 is 1.81 bits per heavy atom. The van der Waals surface area contributed by atoms with E-state index in [-0.39, 0.29) is 30.0 Å². The highest BCUT2D eigenvalue weighted by Gasteiger charge is 2.19. The maximum atomic E-state index is 13.8. The smallest absolute Gasteiger partial charge is 0.257 e. The van der Waals surface area contributed by atoms with Gasteiger partial charge in [0.2, 0.25) is 5.43 Å². The number of aryl methyl sites for hydroxylation is 1. The molecule has 7 nitrogen and oxygen atoms in total. The number of rotatable bonds is 9. The van der Waals surface area contributed by atoms with Crippen LogP contribution >= 0.6 is 0 Å². The number of pyridine rings is 1. The van der Waals surface area contributed by atoms with Gasteiger partial charge in [-0.25, -0.2) is 4.39 Å². The summed E-state index contributed by atoms with van der Waals surface area (Å²) in [4.78, 5) is 38.3. The van der Waals surface area contributed by atoms with Crippen molar-refractivity contribution in [3.05, 3.63) is 93.0 Å². The van der Waals surface area contributed by atoms with Crippen LogP contribution in [0.15, 0.2) is 58.2 Å². The molecule has 1 aromatic carbocycles. The lowest BCUT2D eigenvalue weighted by Gasteiger charge is -2.12. The number of carbonyl (C=O) groups is 2. The van der Waals surface area contributed by atoms with Crippen LogP contribution in [0.2, 0.25) is 0 Å². The first-order chi connectivity index (χ1) is 15.4. The Morgan fingerprint density at radius 1 is 1.09 bits per heavy atom. The zero-order chi connectivity index (χ0) is 23.1. The second kappa shape index (κ2) is 10.6. The molecule has 0 aliphatic rings. The molecule has 0 saturated carbocycles. The molecule has 0 spiro atoms. The molecule has 0 aliphatic carbocycles. The summed E-state index contributed by atoms with van der Waals surface area (Å²) in [5.41, 5.74) is 0.102. The van der Waals surface area contributed by atoms with Crippen molar-refractivity contribution in [1.29, 1.82) is 0 Å². The summed E-state index contributed by atoms with van der Waals surface area (Å²) in [6.07, 6.45) is 5.99. The van der Waals surface area contributed by atoms with Crippen molar-refractivity contribution in [2.45, 2.75) is 39.8 Å². The molecule has 0 unspecified atom stereocenters. The minimum Gasteiger partial charge on any atom is -0.467 e. The van der Waals surface area contributed by atoms with E-state index < -0.39 is 17.2 Å². The molecular weight excluding hydrogens is 413 g/mol. The highest BCUT2D eigenvalue weighted by molar-refractivity contribution is 5.99. The van der Waals surface area contributed by atoms with Crippen LogP contribution in [0.5, 0.6) is 0 Å². The second-order valence-corrected chi connectivity index (χ2v) is 7.54. The van der Waals surface area contributed by atoms with Gasteiger partial charge in [-0.3, -0.25) is 14.4 Å². The summed E-state index contributed by atoms with van der Waals surface area (Å²) in [6.45, 7) is 4.36. The molecule has 0 atom stereocenters. The predicted molar refractivity (Wildman–Crippen MR) is 118 cm³/mol. The van der Waals surface area contributed by atoms with Gasteiger partial charge in [0, 0.05) is 25.5 Å². The third kappa shape index (κ3) is 5.72. The average molecular weight is 439 g/mol. The summed E-state index contributed by atoms with van der Waals surface area (Å²) in [5, 5.41) is 5.35. The van der Waals surface area contributed by atoms with Crippen LogP contribution in [0.25, 0.3) is 0 Å². The summed E-state index contributed by atoms with van der Waals surface area (Å²) < 4.78 is 20.7. The van der Waals surface area contributed by atoms with Gasteiger partial charge in [0.15, 0.2) is 0 Å². The van der Waals surface area contributed by atoms with E-state index in [0.717, 1.165) is 12.8 Å². The molecule has 168 valence electrons. The van der Waals surface area contributed by atoms with Gasteiger partial charge in [-0.15, -0.1) is 0 Å². The number of hydrogen-bond acceptors (Lipinski definition) is 4. The third-order valence-electron chi connectivity index (χ3n) is 4.99. The molecule has 2 aromatic heterocycles. The van der Waals surface area contributed by atoms with E-state index >= 15 is 0 Å². The standard InChI is InChI=1S/C24H26FN3O4/c1-3-4-9-26-23(30)19-14-28(13-18-6-5-10-32-18)15-20(22(19)29)24(31)27-12-17-8-7-16(2)21(25)11-17/h5-8,10-11,14-15H,3-4,9,12-13H2,1-2H3,(H,26,30)(H,27,31). The van der Waals surface area contributed by atoms with E-state index in [1.807, 2.05) is 6.92 Å². The van der Waals surface area contributed by atoms with E-state index in [1.54, 1.807) is 35.8 Å². The first-order valence-corrected chi connectivity index (χ1v) is 10.5. The molecule has 3 aromatic rings. The molecule has 0 fully saturated rings. The molecule has 0 aliphatic heterocycles. The number of aromatic nitrogens is 1. The number of benzene rings is 1. The first-order valence-electron chi connectivity index (χ1n) is 10.5. The fourth-order valence-corrected chi connectivity index (χ4v) is 3.13. The minimum atomic E-state index is -0.665. The average Bonchev–Trinajstić information content (AvgIpc) is 3.28. The summed E-state index contributed by atoms with van der Waals surface area (Å²) in [6, 6.07) is 8.14. The second-order valence-electron chi connectivity index (χ2n) is 7.54. The number of amides is 2. The fourth-order valence-electron chi connectivity index (χ4n) is 3.13. The Balaban J connectivity index is 1.86. The monoisotopic (exact) mass is 439 g/mol. The Hall–Kier alpha value is -3.68. The van der Waals surface area contributed by atoms with E-state index in [9.17, 15) is 18.8 Å². The molecule has 2 amide bonds. The number of carbonyl (C=O) groups excluding carboxylic acids is 2.